The van der Waals surface area contributed by atoms with Gasteiger partial charge < -0.3 is 52.8 Å². The predicted molar refractivity (Wildman–Crippen MR) is 196 cm³/mol. The number of hydrogen-bond acceptors (Lipinski definition) is 20. The molecule has 1 aromatic heterocycles. The SMILES string of the molecule is CC(=O)OC[C@@]12[C@H](OC(=O)C(C)(C)OC(C)=O)[C@@H](OC(C)=O)[C@@H]3[C@@H](OC(C)=O)[C@@]14O[C@@]3(C)COC(=O)c1cccnc1[C@H](C)[C@@H](C)C(=O)O[C@H]([C@@H](O)[C@@H]2OC(C)=O)[C@@]4(C)O. The van der Waals surface area contributed by atoms with Gasteiger partial charge in [0.25, 0.3) is 0 Å². The number of carbonyl (C=O) groups is 8. The zero-order valence-corrected chi connectivity index (χ0v) is 35.1. The highest BCUT2D eigenvalue weighted by atomic mass is 16.7. The van der Waals surface area contributed by atoms with E-state index in [2.05, 4.69) is 4.98 Å². The van der Waals surface area contributed by atoms with E-state index < -0.39 is 143 Å². The number of carbonyl (C=O) groups excluding carboxylic acids is 8. The fourth-order valence-electron chi connectivity index (χ4n) is 9.44. The molecule has 4 bridgehead atoms. The Kier molecular flexibility index (Phi) is 12.2. The fraction of sp³-hybridized carbons (Fsp3) is 0.675. The van der Waals surface area contributed by atoms with Crippen molar-refractivity contribution in [3.8, 4) is 0 Å². The molecule has 20 nitrogen and oxygen atoms in total. The summed E-state index contributed by atoms with van der Waals surface area (Å²) < 4.78 is 53.7. The first-order valence-corrected chi connectivity index (χ1v) is 19.2. The van der Waals surface area contributed by atoms with Gasteiger partial charge in [-0.1, -0.05) is 13.8 Å². The lowest BCUT2D eigenvalue weighted by molar-refractivity contribution is -0.387. The summed E-state index contributed by atoms with van der Waals surface area (Å²) in [7, 11) is 0. The van der Waals surface area contributed by atoms with E-state index >= 15 is 0 Å². The second-order valence-electron chi connectivity index (χ2n) is 16.6. The lowest BCUT2D eigenvalue weighted by Crippen LogP contribution is -2.89. The van der Waals surface area contributed by atoms with Crippen molar-refractivity contribution in [1.82, 2.24) is 4.98 Å². The van der Waals surface area contributed by atoms with Crippen molar-refractivity contribution in [2.75, 3.05) is 13.2 Å². The molecule has 2 aliphatic carbocycles. The molecule has 1 aromatic rings. The highest BCUT2D eigenvalue weighted by molar-refractivity contribution is 5.91. The van der Waals surface area contributed by atoms with Crippen LogP contribution in [0, 0.1) is 17.3 Å². The maximum Gasteiger partial charge on any atom is 0.350 e. The number of aliphatic hydroxyl groups is 2. The first kappa shape index (κ1) is 45.9. The van der Waals surface area contributed by atoms with E-state index in [9.17, 15) is 48.6 Å². The second kappa shape index (κ2) is 16.0. The minimum atomic E-state index is -2.89. The number of hydrogen-bond donors (Lipinski definition) is 2. The second-order valence-corrected chi connectivity index (χ2v) is 16.6. The molecule has 0 amide bonds. The number of esters is 8. The van der Waals surface area contributed by atoms with Gasteiger partial charge in [-0.05, 0) is 39.8 Å². The minimum absolute atomic E-state index is 0.0663. The zero-order valence-electron chi connectivity index (χ0n) is 35.1. The molecular formula is C40H51NO19. The summed E-state index contributed by atoms with van der Waals surface area (Å²) in [5.74, 6) is -12.2. The van der Waals surface area contributed by atoms with Gasteiger partial charge in [0.05, 0.1) is 23.1 Å². The minimum Gasteiger partial charge on any atom is -0.465 e. The van der Waals surface area contributed by atoms with E-state index in [1.54, 1.807) is 6.92 Å². The van der Waals surface area contributed by atoms with Crippen molar-refractivity contribution in [1.29, 1.82) is 0 Å². The molecule has 13 atom stereocenters. The standard InChI is InChI=1S/C40H51NO19/c1-17-18(2)33(48)57-30-27(47)31(56-22(6)45)39(16-52-19(3)42)32(58-35(50)36(8,9)59-23(7)46)28(54-20(4)43)25-29(55-21(5)44)40(39,38(30,11)51)60-37(25,10)15-53-34(49)24-13-12-14-41-26(17)24/h12-14,17-18,25,27-32,47,51H,15-16H2,1-11H3/t17-,18-,25-,27-,28+,29-,30-,31+,32-,37+,38-,39-,40+/m1/s1. The average Bonchev–Trinajstić information content (AvgIpc) is 3.35. The summed E-state index contributed by atoms with van der Waals surface area (Å²) in [5.41, 5.74) is -12.7. The first-order valence-electron chi connectivity index (χ1n) is 19.2. The van der Waals surface area contributed by atoms with Crippen LogP contribution in [0.3, 0.4) is 0 Å². The van der Waals surface area contributed by atoms with Crippen LogP contribution in [0.1, 0.15) is 98.1 Å². The normalized spacial score (nSPS) is 37.2. The smallest absolute Gasteiger partial charge is 0.350 e. The Morgan fingerprint density at radius 1 is 0.850 bits per heavy atom. The van der Waals surface area contributed by atoms with Gasteiger partial charge in [-0.2, -0.15) is 0 Å². The summed E-state index contributed by atoms with van der Waals surface area (Å²) in [5, 5.41) is 25.8. The van der Waals surface area contributed by atoms with Gasteiger partial charge in [0.2, 0.25) is 5.60 Å². The molecule has 60 heavy (non-hydrogen) atoms. The predicted octanol–water partition coefficient (Wildman–Crippen LogP) is 0.785. The summed E-state index contributed by atoms with van der Waals surface area (Å²) in [4.78, 5) is 112. The van der Waals surface area contributed by atoms with Gasteiger partial charge >= 0.3 is 47.8 Å². The van der Waals surface area contributed by atoms with E-state index in [-0.39, 0.29) is 11.3 Å². The third-order valence-electron chi connectivity index (χ3n) is 12.0. The van der Waals surface area contributed by atoms with Gasteiger partial charge in [0.1, 0.15) is 54.2 Å². The van der Waals surface area contributed by atoms with Gasteiger partial charge in [-0.3, -0.25) is 33.8 Å². The maximum absolute atomic E-state index is 14.3. The summed E-state index contributed by atoms with van der Waals surface area (Å²) in [6.45, 7) is 10.6. The van der Waals surface area contributed by atoms with E-state index in [4.69, 9.17) is 42.6 Å². The van der Waals surface area contributed by atoms with Crippen LogP contribution in [-0.2, 0) is 76.2 Å². The largest absolute Gasteiger partial charge is 0.465 e. The van der Waals surface area contributed by atoms with Crippen LogP contribution in [0.4, 0.5) is 0 Å². The Hall–Kier alpha value is -5.21. The molecule has 0 aromatic carbocycles. The van der Waals surface area contributed by atoms with Crippen LogP contribution in [0.5, 0.6) is 0 Å². The fourth-order valence-corrected chi connectivity index (χ4v) is 9.44. The van der Waals surface area contributed by atoms with Crippen molar-refractivity contribution in [3.05, 3.63) is 29.6 Å². The van der Waals surface area contributed by atoms with Crippen LogP contribution in [0.25, 0.3) is 0 Å². The summed E-state index contributed by atoms with van der Waals surface area (Å²) in [6, 6.07) is 2.86. The highest BCUT2D eigenvalue weighted by Crippen LogP contribution is 2.70. The molecule has 20 heteroatoms. The molecule has 330 valence electrons. The van der Waals surface area contributed by atoms with E-state index in [0.29, 0.717) is 0 Å². The lowest BCUT2D eigenvalue weighted by Gasteiger charge is -2.67. The first-order chi connectivity index (χ1) is 27.7. The zero-order chi connectivity index (χ0) is 45.1. The van der Waals surface area contributed by atoms with Crippen LogP contribution in [0.15, 0.2) is 18.3 Å². The molecule has 3 heterocycles. The number of rotatable bonds is 8. The number of nitrogens with zero attached hydrogens (tertiary/aromatic N) is 1. The molecule has 0 radical (unpaired) electrons. The third kappa shape index (κ3) is 7.35. The molecule has 1 saturated heterocycles. The van der Waals surface area contributed by atoms with Gasteiger partial charge in [-0.15, -0.1) is 0 Å². The summed E-state index contributed by atoms with van der Waals surface area (Å²) in [6.07, 6.45) is -11.5. The summed E-state index contributed by atoms with van der Waals surface area (Å²) >= 11 is 0. The average molecular weight is 850 g/mol. The Morgan fingerprint density at radius 3 is 2.02 bits per heavy atom. The van der Waals surface area contributed by atoms with E-state index in [0.717, 1.165) is 55.4 Å². The molecule has 2 saturated carbocycles. The molecule has 0 unspecified atom stereocenters. The Morgan fingerprint density at radius 2 is 1.45 bits per heavy atom. The van der Waals surface area contributed by atoms with Crippen LogP contribution in [0.2, 0.25) is 0 Å². The number of cyclic esters (lactones) is 1. The molecule has 2 N–H and O–H groups in total. The molecular weight excluding hydrogens is 798 g/mol. The molecule has 5 rings (SSSR count). The van der Waals surface area contributed by atoms with E-state index in [1.165, 1.54) is 32.2 Å². The molecule has 3 fully saturated rings. The van der Waals surface area contributed by atoms with Crippen molar-refractivity contribution < 1.29 is 91.2 Å². The number of aliphatic hydroxyl groups excluding tert-OH is 1. The van der Waals surface area contributed by atoms with Crippen molar-refractivity contribution >= 4 is 47.8 Å². The third-order valence-corrected chi connectivity index (χ3v) is 12.0. The van der Waals surface area contributed by atoms with Crippen LogP contribution in [-0.4, -0.2) is 135 Å². The van der Waals surface area contributed by atoms with E-state index in [1.807, 2.05) is 0 Å². The Labute approximate surface area is 344 Å². The van der Waals surface area contributed by atoms with Crippen molar-refractivity contribution in [2.24, 2.45) is 17.3 Å². The quantitative estimate of drug-likeness (QED) is 0.270. The van der Waals surface area contributed by atoms with Crippen LogP contribution >= 0.6 is 0 Å². The monoisotopic (exact) mass is 849 g/mol. The Balaban J connectivity index is 1.98. The lowest BCUT2D eigenvalue weighted by atomic mass is 9.45. The number of ether oxygens (including phenoxy) is 9. The van der Waals surface area contributed by atoms with Gasteiger partial charge in [-0.25, -0.2) is 9.59 Å². The molecule has 4 aliphatic rings. The number of pyridine rings is 1. The van der Waals surface area contributed by atoms with Crippen molar-refractivity contribution in [3.63, 3.8) is 0 Å². The Bertz CT molecular complexity index is 1960. The molecule has 2 aliphatic heterocycles. The molecule has 1 spiro atoms. The maximum atomic E-state index is 14.3. The number of fused-ring (bicyclic) bond motifs is 5. The van der Waals surface area contributed by atoms with Gasteiger partial charge in [0.15, 0.2) is 17.8 Å². The van der Waals surface area contributed by atoms with Crippen LogP contribution < -0.4 is 0 Å². The van der Waals surface area contributed by atoms with Gasteiger partial charge in [0, 0.05) is 46.7 Å². The topological polar surface area (TPSA) is 273 Å². The number of aromatic nitrogens is 1. The van der Waals surface area contributed by atoms with Crippen molar-refractivity contribution in [2.45, 2.75) is 141 Å². The highest BCUT2D eigenvalue weighted by Gasteiger charge is 2.91.